The highest BCUT2D eigenvalue weighted by atomic mass is 16.5. The molecule has 7 nitrogen and oxygen atoms in total. The zero-order chi connectivity index (χ0) is 12.4. The van der Waals surface area contributed by atoms with Gasteiger partial charge in [0, 0.05) is 6.07 Å². The topological polar surface area (TPSA) is 90.1 Å². The van der Waals surface area contributed by atoms with E-state index in [1.54, 1.807) is 35.3 Å². The Morgan fingerprint density at radius 3 is 2.94 bits per heavy atom. The standard InChI is InChI=1S/C11H10N4O3/c16-7-9-6-15(14-12-9)5-8-4-11(18-13-8)10-2-1-3-17-10/h1-4,6,16H,5,7H2. The molecular formula is C11H10N4O3. The number of aliphatic hydroxyl groups is 1. The van der Waals surface area contributed by atoms with Crippen LogP contribution >= 0.6 is 0 Å². The Hall–Kier alpha value is -2.41. The highest BCUT2D eigenvalue weighted by Crippen LogP contribution is 2.20. The van der Waals surface area contributed by atoms with E-state index < -0.39 is 0 Å². The number of aliphatic hydroxyl groups excluding tert-OH is 1. The molecule has 0 radical (unpaired) electrons. The van der Waals surface area contributed by atoms with E-state index in [1.165, 1.54) is 0 Å². The van der Waals surface area contributed by atoms with E-state index in [2.05, 4.69) is 15.5 Å². The third kappa shape index (κ3) is 2.03. The average molecular weight is 246 g/mol. The molecule has 0 fully saturated rings. The summed E-state index contributed by atoms with van der Waals surface area (Å²) in [6.07, 6.45) is 3.23. The molecule has 3 aromatic rings. The molecule has 0 amide bonds. The Bertz CT molecular complexity index is 626. The maximum absolute atomic E-state index is 8.88. The van der Waals surface area contributed by atoms with Crippen molar-refractivity contribution in [2.75, 3.05) is 0 Å². The minimum Gasteiger partial charge on any atom is -0.461 e. The van der Waals surface area contributed by atoms with Crippen molar-refractivity contribution >= 4 is 0 Å². The molecule has 0 aliphatic heterocycles. The highest BCUT2D eigenvalue weighted by molar-refractivity contribution is 5.49. The van der Waals surface area contributed by atoms with Crippen LogP contribution in [-0.4, -0.2) is 25.3 Å². The second-order valence-electron chi connectivity index (χ2n) is 3.73. The summed E-state index contributed by atoms with van der Waals surface area (Å²) in [5, 5.41) is 20.4. The van der Waals surface area contributed by atoms with Crippen molar-refractivity contribution in [1.82, 2.24) is 20.2 Å². The van der Waals surface area contributed by atoms with Crippen LogP contribution in [0.15, 0.2) is 39.6 Å². The molecular weight excluding hydrogens is 236 g/mol. The first-order chi connectivity index (χ1) is 8.85. The van der Waals surface area contributed by atoms with Gasteiger partial charge in [-0.3, -0.25) is 0 Å². The first-order valence-electron chi connectivity index (χ1n) is 5.34. The minimum absolute atomic E-state index is 0.129. The van der Waals surface area contributed by atoms with Gasteiger partial charge in [-0.25, -0.2) is 4.68 Å². The Morgan fingerprint density at radius 2 is 2.22 bits per heavy atom. The Kier molecular flexibility index (Phi) is 2.66. The van der Waals surface area contributed by atoms with E-state index in [0.29, 0.717) is 29.5 Å². The van der Waals surface area contributed by atoms with Crippen LogP contribution in [0.25, 0.3) is 11.5 Å². The molecule has 7 heteroatoms. The van der Waals surface area contributed by atoms with Crippen LogP contribution in [0, 0.1) is 0 Å². The lowest BCUT2D eigenvalue weighted by Crippen LogP contribution is -2.00. The summed E-state index contributed by atoms with van der Waals surface area (Å²) in [6.45, 7) is 0.299. The fourth-order valence-corrected chi connectivity index (χ4v) is 1.58. The monoisotopic (exact) mass is 246 g/mol. The molecule has 1 N–H and O–H groups in total. The number of hydrogen-bond donors (Lipinski definition) is 1. The lowest BCUT2D eigenvalue weighted by atomic mass is 10.3. The summed E-state index contributed by atoms with van der Waals surface area (Å²) in [7, 11) is 0. The van der Waals surface area contributed by atoms with E-state index in [-0.39, 0.29) is 6.61 Å². The maximum Gasteiger partial charge on any atom is 0.202 e. The molecule has 0 aromatic carbocycles. The first-order valence-corrected chi connectivity index (χ1v) is 5.34. The van der Waals surface area contributed by atoms with Gasteiger partial charge in [0.05, 0.1) is 25.6 Å². The lowest BCUT2D eigenvalue weighted by molar-refractivity contribution is 0.276. The van der Waals surface area contributed by atoms with Crippen molar-refractivity contribution in [2.45, 2.75) is 13.2 Å². The SMILES string of the molecule is OCc1cn(Cc2cc(-c3ccco3)on2)nn1. The molecule has 0 aliphatic carbocycles. The fourth-order valence-electron chi connectivity index (χ4n) is 1.58. The first kappa shape index (κ1) is 10.7. The van der Waals surface area contributed by atoms with Crippen molar-refractivity contribution in [3.63, 3.8) is 0 Å². The molecule has 3 rings (SSSR count). The third-order valence-corrected chi connectivity index (χ3v) is 2.40. The molecule has 92 valence electrons. The highest BCUT2D eigenvalue weighted by Gasteiger charge is 2.10. The number of nitrogens with zero attached hydrogens (tertiary/aromatic N) is 4. The van der Waals surface area contributed by atoms with Crippen LogP contribution in [0.4, 0.5) is 0 Å². The van der Waals surface area contributed by atoms with Gasteiger partial charge < -0.3 is 14.0 Å². The van der Waals surface area contributed by atoms with Crippen LogP contribution in [0.1, 0.15) is 11.4 Å². The van der Waals surface area contributed by atoms with E-state index in [9.17, 15) is 0 Å². The van der Waals surface area contributed by atoms with Gasteiger partial charge in [-0.1, -0.05) is 10.4 Å². The molecule has 0 unspecified atom stereocenters. The molecule has 0 saturated heterocycles. The van der Waals surface area contributed by atoms with Crippen LogP contribution in [0.3, 0.4) is 0 Å². The van der Waals surface area contributed by atoms with Gasteiger partial charge in [-0.2, -0.15) is 0 Å². The zero-order valence-electron chi connectivity index (χ0n) is 9.35. The molecule has 18 heavy (non-hydrogen) atoms. The maximum atomic E-state index is 8.88. The normalized spacial score (nSPS) is 10.9. The predicted octanol–water partition coefficient (Wildman–Crippen LogP) is 1.07. The van der Waals surface area contributed by atoms with E-state index >= 15 is 0 Å². The Labute approximate surface area is 102 Å². The van der Waals surface area contributed by atoms with Crippen molar-refractivity contribution in [3.8, 4) is 11.5 Å². The van der Waals surface area contributed by atoms with Gasteiger partial charge >= 0.3 is 0 Å². The summed E-state index contributed by atoms with van der Waals surface area (Å²) in [4.78, 5) is 0. The van der Waals surface area contributed by atoms with Gasteiger partial charge in [-0.05, 0) is 12.1 Å². The third-order valence-electron chi connectivity index (χ3n) is 2.40. The van der Waals surface area contributed by atoms with Gasteiger partial charge in [0.25, 0.3) is 0 Å². The number of hydrogen-bond acceptors (Lipinski definition) is 6. The second kappa shape index (κ2) is 4.46. The Balaban J connectivity index is 1.77. The quantitative estimate of drug-likeness (QED) is 0.740. The predicted molar refractivity (Wildman–Crippen MR) is 59.3 cm³/mol. The van der Waals surface area contributed by atoms with E-state index in [4.69, 9.17) is 14.0 Å². The van der Waals surface area contributed by atoms with Crippen LogP contribution in [-0.2, 0) is 13.2 Å². The number of aromatic nitrogens is 4. The summed E-state index contributed by atoms with van der Waals surface area (Å²) < 4.78 is 11.9. The van der Waals surface area contributed by atoms with Gasteiger partial charge in [0.2, 0.25) is 5.76 Å². The summed E-state index contributed by atoms with van der Waals surface area (Å²) in [6, 6.07) is 5.35. The number of rotatable bonds is 4. The molecule has 0 spiro atoms. The summed E-state index contributed by atoms with van der Waals surface area (Å²) in [5.41, 5.74) is 1.22. The van der Waals surface area contributed by atoms with Crippen molar-refractivity contribution in [1.29, 1.82) is 0 Å². The van der Waals surface area contributed by atoms with Crippen LogP contribution < -0.4 is 0 Å². The van der Waals surface area contributed by atoms with Crippen molar-refractivity contribution in [2.24, 2.45) is 0 Å². The molecule has 3 aromatic heterocycles. The van der Waals surface area contributed by atoms with Crippen molar-refractivity contribution < 1.29 is 14.0 Å². The molecule has 0 aliphatic rings. The summed E-state index contributed by atoms with van der Waals surface area (Å²) >= 11 is 0. The average Bonchev–Trinajstić information content (AvgIpc) is 3.10. The molecule has 0 saturated carbocycles. The molecule has 0 atom stereocenters. The van der Waals surface area contributed by atoms with Gasteiger partial charge in [0.15, 0.2) is 5.76 Å². The van der Waals surface area contributed by atoms with Crippen LogP contribution in [0.2, 0.25) is 0 Å². The molecule has 0 bridgehead atoms. The Morgan fingerprint density at radius 1 is 1.28 bits per heavy atom. The smallest absolute Gasteiger partial charge is 0.202 e. The van der Waals surface area contributed by atoms with Gasteiger partial charge in [-0.15, -0.1) is 5.10 Å². The van der Waals surface area contributed by atoms with E-state index in [0.717, 1.165) is 0 Å². The largest absolute Gasteiger partial charge is 0.461 e. The minimum atomic E-state index is -0.129. The number of furan rings is 1. The zero-order valence-corrected chi connectivity index (χ0v) is 9.35. The van der Waals surface area contributed by atoms with E-state index in [1.807, 2.05) is 0 Å². The summed E-state index contributed by atoms with van der Waals surface area (Å²) in [5.74, 6) is 1.20. The lowest BCUT2D eigenvalue weighted by Gasteiger charge is -1.92. The molecule has 3 heterocycles. The van der Waals surface area contributed by atoms with Crippen LogP contribution in [0.5, 0.6) is 0 Å². The van der Waals surface area contributed by atoms with Crippen molar-refractivity contribution in [3.05, 3.63) is 42.0 Å². The fraction of sp³-hybridized carbons (Fsp3) is 0.182. The second-order valence-corrected chi connectivity index (χ2v) is 3.73. The van der Waals surface area contributed by atoms with Gasteiger partial charge in [0.1, 0.15) is 11.4 Å².